The van der Waals surface area contributed by atoms with Gasteiger partial charge in [0.05, 0.1) is 12.1 Å². The number of carbonyl (C=O) groups excluding carboxylic acids is 2. The second-order valence-corrected chi connectivity index (χ2v) is 8.44. The zero-order valence-corrected chi connectivity index (χ0v) is 18.1. The average molecular weight is 459 g/mol. The SMILES string of the molecule is CC1CNC(=O)CN1c1nccc(-c2nnc(COc3ccc(Cl)cc3)s2)c1C(N)=O. The summed E-state index contributed by atoms with van der Waals surface area (Å²) in [6, 6.07) is 8.63. The summed E-state index contributed by atoms with van der Waals surface area (Å²) in [6.07, 6.45) is 1.57. The van der Waals surface area contributed by atoms with E-state index in [0.717, 1.165) is 0 Å². The molecule has 1 fully saturated rings. The lowest BCUT2D eigenvalue weighted by atomic mass is 10.1. The highest BCUT2D eigenvalue weighted by molar-refractivity contribution is 7.14. The maximum Gasteiger partial charge on any atom is 0.253 e. The highest BCUT2D eigenvalue weighted by Crippen LogP contribution is 2.33. The Hall–Kier alpha value is -3.24. The Morgan fingerprint density at radius 2 is 2.10 bits per heavy atom. The minimum atomic E-state index is -0.648. The molecule has 1 aliphatic rings. The fourth-order valence-electron chi connectivity index (χ4n) is 3.21. The Labute approximate surface area is 187 Å². The Morgan fingerprint density at radius 3 is 2.84 bits per heavy atom. The number of nitrogens with zero attached hydrogens (tertiary/aromatic N) is 4. The minimum absolute atomic E-state index is 0.0451. The third kappa shape index (κ3) is 4.59. The summed E-state index contributed by atoms with van der Waals surface area (Å²) in [7, 11) is 0. The molecule has 1 unspecified atom stereocenters. The summed E-state index contributed by atoms with van der Waals surface area (Å²) in [5, 5.41) is 12.9. The van der Waals surface area contributed by atoms with Gasteiger partial charge in [0.25, 0.3) is 5.91 Å². The van der Waals surface area contributed by atoms with Crippen LogP contribution in [0.25, 0.3) is 10.6 Å². The molecule has 0 bridgehead atoms. The quantitative estimate of drug-likeness (QED) is 0.580. The first-order valence-corrected chi connectivity index (χ1v) is 10.6. The standard InChI is InChI=1S/C20H19ClN6O3S/c1-11-8-24-15(28)9-27(11)19-17(18(22)29)14(6-7-23-19)20-26-25-16(31-20)10-30-13-4-2-12(21)3-5-13/h2-7,11H,8-10H2,1H3,(H2,22,29)(H,24,28). The van der Waals surface area contributed by atoms with Crippen molar-refractivity contribution < 1.29 is 14.3 Å². The molecule has 1 saturated heterocycles. The predicted molar refractivity (Wildman–Crippen MR) is 117 cm³/mol. The van der Waals surface area contributed by atoms with Gasteiger partial charge in [0.2, 0.25) is 5.91 Å². The number of aromatic nitrogens is 3. The molecule has 4 rings (SSSR count). The lowest BCUT2D eigenvalue weighted by Crippen LogP contribution is -2.54. The lowest BCUT2D eigenvalue weighted by molar-refractivity contribution is -0.120. The molecule has 2 amide bonds. The average Bonchev–Trinajstić information content (AvgIpc) is 3.23. The number of piperazine rings is 1. The van der Waals surface area contributed by atoms with Gasteiger partial charge in [-0.25, -0.2) is 4.98 Å². The molecule has 1 aromatic carbocycles. The molecular weight excluding hydrogens is 440 g/mol. The zero-order valence-electron chi connectivity index (χ0n) is 16.5. The number of carbonyl (C=O) groups is 2. The largest absolute Gasteiger partial charge is 0.486 e. The molecule has 1 atom stereocenters. The van der Waals surface area contributed by atoms with Gasteiger partial charge in [-0.05, 0) is 37.3 Å². The van der Waals surface area contributed by atoms with Crippen molar-refractivity contribution in [3.8, 4) is 16.3 Å². The van der Waals surface area contributed by atoms with Crippen molar-refractivity contribution in [1.82, 2.24) is 20.5 Å². The van der Waals surface area contributed by atoms with E-state index in [4.69, 9.17) is 22.1 Å². The van der Waals surface area contributed by atoms with Crippen LogP contribution in [0.1, 0.15) is 22.3 Å². The molecule has 1 aliphatic heterocycles. The van der Waals surface area contributed by atoms with Crippen molar-refractivity contribution in [2.75, 3.05) is 18.0 Å². The van der Waals surface area contributed by atoms with Crippen LogP contribution in [0.2, 0.25) is 5.02 Å². The van der Waals surface area contributed by atoms with Gasteiger partial charge in [0.1, 0.15) is 23.2 Å². The zero-order chi connectivity index (χ0) is 22.0. The van der Waals surface area contributed by atoms with Crippen LogP contribution in [-0.4, -0.2) is 46.1 Å². The van der Waals surface area contributed by atoms with Crippen molar-refractivity contribution in [2.45, 2.75) is 19.6 Å². The Kier molecular flexibility index (Phi) is 6.01. The maximum atomic E-state index is 12.4. The number of nitrogens with one attached hydrogen (secondary N) is 1. The fraction of sp³-hybridized carbons (Fsp3) is 0.250. The molecule has 2 aromatic heterocycles. The number of hydrogen-bond acceptors (Lipinski definition) is 8. The fourth-order valence-corrected chi connectivity index (χ4v) is 4.12. The van der Waals surface area contributed by atoms with Gasteiger partial charge in [-0.2, -0.15) is 0 Å². The van der Waals surface area contributed by atoms with E-state index in [1.54, 1.807) is 41.4 Å². The van der Waals surface area contributed by atoms with Crippen molar-refractivity contribution in [1.29, 1.82) is 0 Å². The van der Waals surface area contributed by atoms with Gasteiger partial charge in [-0.15, -0.1) is 10.2 Å². The molecule has 3 aromatic rings. The van der Waals surface area contributed by atoms with Gasteiger partial charge in [0, 0.05) is 29.4 Å². The Balaban J connectivity index is 1.61. The molecule has 0 saturated carbocycles. The summed E-state index contributed by atoms with van der Waals surface area (Å²) in [5.41, 5.74) is 6.44. The highest BCUT2D eigenvalue weighted by Gasteiger charge is 2.29. The van der Waals surface area contributed by atoms with E-state index in [2.05, 4.69) is 20.5 Å². The van der Waals surface area contributed by atoms with Crippen molar-refractivity contribution in [2.24, 2.45) is 5.73 Å². The molecule has 3 N–H and O–H groups in total. The van der Waals surface area contributed by atoms with Gasteiger partial charge in [-0.3, -0.25) is 9.59 Å². The van der Waals surface area contributed by atoms with Crippen LogP contribution in [0.5, 0.6) is 5.75 Å². The van der Waals surface area contributed by atoms with E-state index in [-0.39, 0.29) is 30.7 Å². The first-order chi connectivity index (χ1) is 14.9. The van der Waals surface area contributed by atoms with Crippen LogP contribution < -0.4 is 20.7 Å². The Bertz CT molecular complexity index is 1120. The van der Waals surface area contributed by atoms with Crippen LogP contribution in [0, 0.1) is 0 Å². The van der Waals surface area contributed by atoms with Gasteiger partial charge < -0.3 is 20.7 Å². The third-order valence-electron chi connectivity index (χ3n) is 4.76. The van der Waals surface area contributed by atoms with Crippen molar-refractivity contribution >= 4 is 40.6 Å². The summed E-state index contributed by atoms with van der Waals surface area (Å²) < 4.78 is 5.71. The summed E-state index contributed by atoms with van der Waals surface area (Å²) >= 11 is 7.17. The summed E-state index contributed by atoms with van der Waals surface area (Å²) in [6.45, 7) is 2.70. The second kappa shape index (κ2) is 8.86. The number of benzene rings is 1. The number of halogens is 1. The van der Waals surface area contributed by atoms with Crippen molar-refractivity contribution in [3.63, 3.8) is 0 Å². The first kappa shape index (κ1) is 21.0. The molecule has 31 heavy (non-hydrogen) atoms. The third-order valence-corrected chi connectivity index (χ3v) is 5.95. The molecule has 11 heteroatoms. The number of ether oxygens (including phenoxy) is 1. The lowest BCUT2D eigenvalue weighted by Gasteiger charge is -2.35. The molecule has 0 radical (unpaired) electrons. The van der Waals surface area contributed by atoms with Crippen LogP contribution in [-0.2, 0) is 11.4 Å². The highest BCUT2D eigenvalue weighted by atomic mass is 35.5. The minimum Gasteiger partial charge on any atom is -0.486 e. The van der Waals surface area contributed by atoms with Crippen LogP contribution in [0.15, 0.2) is 36.5 Å². The summed E-state index contributed by atoms with van der Waals surface area (Å²) in [5.74, 6) is 0.229. The van der Waals surface area contributed by atoms with E-state index >= 15 is 0 Å². The molecule has 160 valence electrons. The number of hydrogen-bond donors (Lipinski definition) is 2. The van der Waals surface area contributed by atoms with E-state index in [1.165, 1.54) is 11.3 Å². The maximum absolute atomic E-state index is 12.4. The molecule has 3 heterocycles. The topological polar surface area (TPSA) is 123 Å². The number of primary amides is 1. The Morgan fingerprint density at radius 1 is 1.32 bits per heavy atom. The van der Waals surface area contributed by atoms with Crippen LogP contribution >= 0.6 is 22.9 Å². The predicted octanol–water partition coefficient (Wildman–Crippen LogP) is 2.26. The number of amides is 2. The van der Waals surface area contributed by atoms with E-state index in [1.807, 2.05) is 6.92 Å². The van der Waals surface area contributed by atoms with Gasteiger partial charge in [0.15, 0.2) is 5.01 Å². The number of rotatable bonds is 6. The molecule has 0 spiro atoms. The number of anilines is 1. The van der Waals surface area contributed by atoms with Crippen LogP contribution in [0.4, 0.5) is 5.82 Å². The van der Waals surface area contributed by atoms with Crippen molar-refractivity contribution in [3.05, 3.63) is 52.1 Å². The monoisotopic (exact) mass is 458 g/mol. The number of nitrogens with two attached hydrogens (primary N) is 1. The molecule has 0 aliphatic carbocycles. The van der Waals surface area contributed by atoms with E-state index in [0.29, 0.717) is 38.7 Å². The molecular formula is C20H19ClN6O3S. The normalized spacial score (nSPS) is 16.1. The summed E-state index contributed by atoms with van der Waals surface area (Å²) in [4.78, 5) is 30.4. The van der Waals surface area contributed by atoms with Gasteiger partial charge in [-0.1, -0.05) is 22.9 Å². The van der Waals surface area contributed by atoms with E-state index < -0.39 is 5.91 Å². The second-order valence-electron chi connectivity index (χ2n) is 6.95. The first-order valence-electron chi connectivity index (χ1n) is 9.45. The molecule has 9 nitrogen and oxygen atoms in total. The number of pyridine rings is 1. The van der Waals surface area contributed by atoms with Crippen LogP contribution in [0.3, 0.4) is 0 Å². The smallest absolute Gasteiger partial charge is 0.253 e. The van der Waals surface area contributed by atoms with Gasteiger partial charge >= 0.3 is 0 Å². The van der Waals surface area contributed by atoms with E-state index in [9.17, 15) is 9.59 Å².